The molecule has 0 heterocycles. The third-order valence-corrected chi connectivity index (χ3v) is 4.76. The van der Waals surface area contributed by atoms with Crippen LogP contribution in [-0.2, 0) is 13.2 Å². The lowest BCUT2D eigenvalue weighted by molar-refractivity contribution is 0.282. The zero-order valence-electron chi connectivity index (χ0n) is 15.2. The van der Waals surface area contributed by atoms with Gasteiger partial charge in [-0.1, -0.05) is 29.3 Å². The fraction of sp³-hybridized carbons (Fsp3) is 0.400. The Morgan fingerprint density at radius 1 is 1.00 bits per heavy atom. The molecule has 0 amide bonds. The fourth-order valence-corrected chi connectivity index (χ4v) is 2.98. The van der Waals surface area contributed by atoms with E-state index in [1.54, 1.807) is 19.2 Å². The maximum Gasteiger partial charge on any atom is 0.163 e. The third kappa shape index (κ3) is 6.85. The van der Waals surface area contributed by atoms with Gasteiger partial charge in [-0.3, -0.25) is 0 Å². The van der Waals surface area contributed by atoms with Crippen LogP contribution < -0.4 is 14.8 Å². The number of rotatable bonds is 11. The highest BCUT2D eigenvalue weighted by atomic mass is 35.5. The van der Waals surface area contributed by atoms with Crippen molar-refractivity contribution in [3.63, 3.8) is 0 Å². The Balaban J connectivity index is 1.98. The van der Waals surface area contributed by atoms with Gasteiger partial charge in [0, 0.05) is 29.8 Å². The largest absolute Gasteiger partial charge is 0.493 e. The maximum atomic E-state index is 13.1. The molecule has 0 atom stereocenters. The number of aliphatic hydroxyl groups excluding tert-OH is 1. The van der Waals surface area contributed by atoms with Gasteiger partial charge >= 0.3 is 0 Å². The van der Waals surface area contributed by atoms with Gasteiger partial charge in [0.1, 0.15) is 12.4 Å². The molecule has 2 aromatic rings. The summed E-state index contributed by atoms with van der Waals surface area (Å²) in [6, 6.07) is 7.72. The summed E-state index contributed by atoms with van der Waals surface area (Å²) in [5.74, 6) is 0.668. The van der Waals surface area contributed by atoms with Crippen LogP contribution >= 0.6 is 23.2 Å². The molecule has 0 aromatic heterocycles. The van der Waals surface area contributed by atoms with Crippen molar-refractivity contribution in [1.82, 2.24) is 5.32 Å². The lowest BCUT2D eigenvalue weighted by Crippen LogP contribution is -2.15. The summed E-state index contributed by atoms with van der Waals surface area (Å²) in [6.45, 7) is 1.86. The maximum absolute atomic E-state index is 13.1. The summed E-state index contributed by atoms with van der Waals surface area (Å²) < 4.78 is 24.3. The van der Waals surface area contributed by atoms with Crippen molar-refractivity contribution in [1.29, 1.82) is 0 Å². The van der Waals surface area contributed by atoms with Crippen molar-refractivity contribution < 1.29 is 19.0 Å². The quantitative estimate of drug-likeness (QED) is 0.508. The molecule has 4 nitrogen and oxygen atoms in total. The molecule has 0 saturated carbocycles. The number of benzene rings is 2. The molecule has 0 spiro atoms. The van der Waals surface area contributed by atoms with Crippen LogP contribution in [0.25, 0.3) is 0 Å². The summed E-state index contributed by atoms with van der Waals surface area (Å²) in [6.07, 6.45) is 2.80. The Kier molecular flexibility index (Phi) is 9.15. The number of unbranched alkanes of at least 4 members (excludes halogenated alkanes) is 2. The first kappa shape index (κ1) is 21.8. The third-order valence-electron chi connectivity index (χ3n) is 4.06. The molecule has 27 heavy (non-hydrogen) atoms. The molecule has 0 radical (unpaired) electrons. The van der Waals surface area contributed by atoms with Gasteiger partial charge in [-0.15, -0.1) is 0 Å². The van der Waals surface area contributed by atoms with E-state index >= 15 is 0 Å². The highest BCUT2D eigenvalue weighted by Crippen LogP contribution is 2.34. The number of aliphatic hydroxyl groups is 1. The molecule has 2 N–H and O–H groups in total. The second-order valence-corrected chi connectivity index (χ2v) is 6.89. The Morgan fingerprint density at radius 2 is 1.78 bits per heavy atom. The van der Waals surface area contributed by atoms with Crippen LogP contribution in [0.5, 0.6) is 11.5 Å². The summed E-state index contributed by atoms with van der Waals surface area (Å²) >= 11 is 12.4. The molecule has 0 fully saturated rings. The Hall–Kier alpha value is -1.53. The van der Waals surface area contributed by atoms with Crippen molar-refractivity contribution in [2.45, 2.75) is 32.4 Å². The molecule has 0 aliphatic heterocycles. The predicted octanol–water partition coefficient (Wildman–Crippen LogP) is 4.97. The average molecular weight is 416 g/mol. The van der Waals surface area contributed by atoms with Crippen LogP contribution in [0.15, 0.2) is 30.3 Å². The van der Waals surface area contributed by atoms with Gasteiger partial charge in [-0.2, -0.15) is 0 Å². The number of ether oxygens (including phenoxy) is 2. The molecule has 2 rings (SSSR count). The standard InChI is InChI=1S/C20H24Cl2FNO3/c1-26-19-9-15(12-24-7-3-2-4-8-25)18(22)11-20(19)27-13-14-5-6-16(23)10-17(14)21/h5-6,9-11,24-25H,2-4,7-8,12-13H2,1H3. The molecule has 2 aromatic carbocycles. The zero-order chi connectivity index (χ0) is 19.6. The highest BCUT2D eigenvalue weighted by molar-refractivity contribution is 6.31. The van der Waals surface area contributed by atoms with E-state index < -0.39 is 5.82 Å². The second kappa shape index (κ2) is 11.3. The summed E-state index contributed by atoms with van der Waals surface area (Å²) in [5.41, 5.74) is 1.58. The van der Waals surface area contributed by atoms with Gasteiger partial charge < -0.3 is 19.9 Å². The first-order chi connectivity index (χ1) is 13.0. The van der Waals surface area contributed by atoms with E-state index in [2.05, 4.69) is 5.32 Å². The Morgan fingerprint density at radius 3 is 2.48 bits per heavy atom. The Bertz CT molecular complexity index is 743. The first-order valence-corrected chi connectivity index (χ1v) is 9.55. The number of methoxy groups -OCH3 is 1. The van der Waals surface area contributed by atoms with Crippen LogP contribution in [0.1, 0.15) is 30.4 Å². The molecule has 0 bridgehead atoms. The van der Waals surface area contributed by atoms with Gasteiger partial charge in [0.05, 0.1) is 12.1 Å². The summed E-state index contributed by atoms with van der Waals surface area (Å²) in [4.78, 5) is 0. The molecular weight excluding hydrogens is 392 g/mol. The van der Waals surface area contributed by atoms with Crippen molar-refractivity contribution in [2.75, 3.05) is 20.3 Å². The van der Waals surface area contributed by atoms with E-state index in [-0.39, 0.29) is 13.2 Å². The highest BCUT2D eigenvalue weighted by Gasteiger charge is 2.12. The minimum Gasteiger partial charge on any atom is -0.493 e. The van der Waals surface area contributed by atoms with E-state index in [1.807, 2.05) is 6.07 Å². The van der Waals surface area contributed by atoms with Gasteiger partial charge in [-0.25, -0.2) is 4.39 Å². The van der Waals surface area contributed by atoms with E-state index in [0.29, 0.717) is 33.7 Å². The Labute approximate surface area is 169 Å². The molecule has 0 saturated heterocycles. The normalized spacial score (nSPS) is 10.9. The van der Waals surface area contributed by atoms with Gasteiger partial charge in [0.25, 0.3) is 0 Å². The monoisotopic (exact) mass is 415 g/mol. The van der Waals surface area contributed by atoms with Gasteiger partial charge in [0.15, 0.2) is 11.5 Å². The molecule has 7 heteroatoms. The zero-order valence-corrected chi connectivity index (χ0v) is 16.7. The van der Waals surface area contributed by atoms with E-state index in [0.717, 1.165) is 31.4 Å². The summed E-state index contributed by atoms with van der Waals surface area (Å²) in [7, 11) is 1.56. The number of halogens is 3. The van der Waals surface area contributed by atoms with Gasteiger partial charge in [-0.05, 0) is 49.6 Å². The number of hydrogen-bond acceptors (Lipinski definition) is 4. The molecule has 0 aliphatic rings. The van der Waals surface area contributed by atoms with Crippen LogP contribution in [0.2, 0.25) is 10.0 Å². The average Bonchev–Trinajstić information content (AvgIpc) is 2.65. The van der Waals surface area contributed by atoms with Crippen molar-refractivity contribution in [2.24, 2.45) is 0 Å². The SMILES string of the molecule is COc1cc(CNCCCCCO)c(Cl)cc1OCc1ccc(F)cc1Cl. The molecular formula is C20H24Cl2FNO3. The van der Waals surface area contributed by atoms with E-state index in [1.165, 1.54) is 12.1 Å². The van der Waals surface area contributed by atoms with Crippen LogP contribution in [0.4, 0.5) is 4.39 Å². The van der Waals surface area contributed by atoms with Gasteiger partial charge in [0.2, 0.25) is 0 Å². The topological polar surface area (TPSA) is 50.7 Å². The van der Waals surface area contributed by atoms with Crippen molar-refractivity contribution in [3.05, 3.63) is 57.3 Å². The van der Waals surface area contributed by atoms with Crippen LogP contribution in [0, 0.1) is 5.82 Å². The summed E-state index contributed by atoms with van der Waals surface area (Å²) in [5, 5.41) is 13.0. The van der Waals surface area contributed by atoms with Crippen LogP contribution in [0.3, 0.4) is 0 Å². The van der Waals surface area contributed by atoms with Crippen molar-refractivity contribution in [3.8, 4) is 11.5 Å². The smallest absolute Gasteiger partial charge is 0.163 e. The number of nitrogens with one attached hydrogen (secondary N) is 1. The lowest BCUT2D eigenvalue weighted by atomic mass is 10.2. The molecule has 0 unspecified atom stereocenters. The second-order valence-electron chi connectivity index (χ2n) is 6.08. The fourth-order valence-electron chi connectivity index (χ4n) is 2.54. The number of hydrogen-bond donors (Lipinski definition) is 2. The minimum atomic E-state index is -0.391. The molecule has 148 valence electrons. The van der Waals surface area contributed by atoms with Crippen molar-refractivity contribution >= 4 is 23.2 Å². The van der Waals surface area contributed by atoms with Crippen LogP contribution in [-0.4, -0.2) is 25.4 Å². The predicted molar refractivity (Wildman–Crippen MR) is 106 cm³/mol. The first-order valence-electron chi connectivity index (χ1n) is 8.80. The van der Waals surface area contributed by atoms with E-state index in [4.69, 9.17) is 37.8 Å². The lowest BCUT2D eigenvalue weighted by Gasteiger charge is -2.15. The minimum absolute atomic E-state index is 0.175. The molecule has 0 aliphatic carbocycles. The van der Waals surface area contributed by atoms with E-state index in [9.17, 15) is 4.39 Å².